The smallest absolute Gasteiger partial charge is 0.244 e. The number of aliphatic hydroxyl groups is 1. The van der Waals surface area contributed by atoms with Crippen LogP contribution in [-0.4, -0.2) is 35.7 Å². The van der Waals surface area contributed by atoms with Crippen molar-refractivity contribution in [3.63, 3.8) is 0 Å². The van der Waals surface area contributed by atoms with E-state index in [0.717, 1.165) is 23.5 Å². The van der Waals surface area contributed by atoms with E-state index < -0.39 is 0 Å². The molecule has 0 aromatic heterocycles. The van der Waals surface area contributed by atoms with E-state index in [1.54, 1.807) is 30.0 Å². The van der Waals surface area contributed by atoms with Crippen molar-refractivity contribution in [2.75, 3.05) is 30.4 Å². The highest BCUT2D eigenvalue weighted by Crippen LogP contribution is 2.06. The quantitative estimate of drug-likeness (QED) is 0.383. The Kier molecular flexibility index (Phi) is 7.77. The van der Waals surface area contributed by atoms with Crippen LogP contribution in [0.3, 0.4) is 0 Å². The topological polar surface area (TPSA) is 75.4 Å². The van der Waals surface area contributed by atoms with Crippen LogP contribution in [0.4, 0.5) is 5.69 Å². The van der Waals surface area contributed by atoms with Crippen LogP contribution < -0.4 is 11.1 Å². The highest BCUT2D eigenvalue weighted by molar-refractivity contribution is 7.99. The molecule has 1 rings (SSSR count). The highest BCUT2D eigenvalue weighted by atomic mass is 32.2. The summed E-state index contributed by atoms with van der Waals surface area (Å²) in [5.74, 6) is 1.69. The summed E-state index contributed by atoms with van der Waals surface area (Å²) in [6.45, 7) is 0.866. The molecular weight excluding hydrogens is 260 g/mol. The van der Waals surface area contributed by atoms with Gasteiger partial charge in [-0.15, -0.1) is 0 Å². The molecule has 0 fully saturated rings. The summed E-state index contributed by atoms with van der Waals surface area (Å²) in [7, 11) is 0. The van der Waals surface area contributed by atoms with E-state index in [-0.39, 0.29) is 12.5 Å². The van der Waals surface area contributed by atoms with Crippen molar-refractivity contribution in [3.8, 4) is 0 Å². The molecule has 4 N–H and O–H groups in total. The molecule has 104 valence electrons. The first-order valence-electron chi connectivity index (χ1n) is 6.22. The third-order valence-corrected chi connectivity index (χ3v) is 3.43. The minimum Gasteiger partial charge on any atom is -0.399 e. The number of amides is 1. The minimum atomic E-state index is -0.0976. The maximum Gasteiger partial charge on any atom is 0.244 e. The molecule has 0 heterocycles. The number of aliphatic hydroxyl groups excluding tert-OH is 1. The van der Waals surface area contributed by atoms with Crippen molar-refractivity contribution in [3.05, 3.63) is 35.9 Å². The number of nitrogens with one attached hydrogen (secondary N) is 1. The number of thioether (sulfide) groups is 1. The van der Waals surface area contributed by atoms with Crippen molar-refractivity contribution in [2.45, 2.75) is 6.42 Å². The molecule has 0 saturated carbocycles. The Morgan fingerprint density at radius 3 is 2.74 bits per heavy atom. The van der Waals surface area contributed by atoms with E-state index in [1.165, 1.54) is 6.08 Å². The zero-order chi connectivity index (χ0) is 13.9. The minimum absolute atomic E-state index is 0.0976. The molecule has 0 atom stereocenters. The molecule has 1 aromatic carbocycles. The van der Waals surface area contributed by atoms with Crippen molar-refractivity contribution < 1.29 is 9.90 Å². The van der Waals surface area contributed by atoms with Crippen LogP contribution in [0, 0.1) is 0 Å². The zero-order valence-electron chi connectivity index (χ0n) is 10.8. The summed E-state index contributed by atoms with van der Waals surface area (Å²) in [4.78, 5) is 11.5. The Bertz CT molecular complexity index is 404. The molecular formula is C14H20N2O2S. The maximum absolute atomic E-state index is 11.5. The monoisotopic (exact) mass is 280 g/mol. The molecule has 4 nitrogen and oxygen atoms in total. The van der Waals surface area contributed by atoms with Gasteiger partial charge in [-0.05, 0) is 35.9 Å². The van der Waals surface area contributed by atoms with Crippen LogP contribution in [0.2, 0.25) is 0 Å². The molecule has 0 bridgehead atoms. The third-order valence-electron chi connectivity index (χ3n) is 2.36. The number of rotatable bonds is 8. The van der Waals surface area contributed by atoms with Crippen molar-refractivity contribution >= 4 is 29.4 Å². The number of carbonyl (C=O) groups is 1. The number of hydrogen-bond acceptors (Lipinski definition) is 4. The van der Waals surface area contributed by atoms with E-state index in [1.807, 2.05) is 12.1 Å². The number of benzene rings is 1. The van der Waals surface area contributed by atoms with Crippen molar-refractivity contribution in [1.29, 1.82) is 0 Å². The van der Waals surface area contributed by atoms with Gasteiger partial charge in [0.25, 0.3) is 0 Å². The molecule has 0 aliphatic rings. The Balaban J connectivity index is 2.18. The highest BCUT2D eigenvalue weighted by Gasteiger charge is 1.95. The fourth-order valence-electron chi connectivity index (χ4n) is 1.35. The number of hydrogen-bond donors (Lipinski definition) is 3. The lowest BCUT2D eigenvalue weighted by Crippen LogP contribution is -2.23. The van der Waals surface area contributed by atoms with Gasteiger partial charge in [0.05, 0.1) is 0 Å². The predicted molar refractivity (Wildman–Crippen MR) is 81.9 cm³/mol. The van der Waals surface area contributed by atoms with Gasteiger partial charge in [-0.3, -0.25) is 4.79 Å². The Labute approximate surface area is 118 Å². The Morgan fingerprint density at radius 2 is 2.05 bits per heavy atom. The lowest BCUT2D eigenvalue weighted by molar-refractivity contribution is -0.116. The number of carbonyl (C=O) groups excluding carboxylic acids is 1. The predicted octanol–water partition coefficient (Wildman–Crippen LogP) is 1.51. The molecule has 19 heavy (non-hydrogen) atoms. The summed E-state index contributed by atoms with van der Waals surface area (Å²) in [6, 6.07) is 7.33. The molecule has 0 radical (unpaired) electrons. The lowest BCUT2D eigenvalue weighted by Gasteiger charge is -2.02. The summed E-state index contributed by atoms with van der Waals surface area (Å²) in [5.41, 5.74) is 7.23. The first kappa shape index (κ1) is 15.6. The summed E-state index contributed by atoms with van der Waals surface area (Å²) in [6.07, 6.45) is 4.08. The molecule has 0 saturated heterocycles. The van der Waals surface area contributed by atoms with Crippen LogP contribution in [0.5, 0.6) is 0 Å². The summed E-state index contributed by atoms with van der Waals surface area (Å²) < 4.78 is 0. The number of nitrogens with two attached hydrogens (primary N) is 1. The van der Waals surface area contributed by atoms with E-state index in [9.17, 15) is 4.79 Å². The number of anilines is 1. The van der Waals surface area contributed by atoms with Crippen LogP contribution in [0.1, 0.15) is 12.0 Å². The molecule has 0 unspecified atom stereocenters. The van der Waals surface area contributed by atoms with Crippen LogP contribution in [0.25, 0.3) is 6.08 Å². The van der Waals surface area contributed by atoms with Gasteiger partial charge in [0, 0.05) is 30.7 Å². The Morgan fingerprint density at radius 1 is 1.32 bits per heavy atom. The normalized spacial score (nSPS) is 10.8. The van der Waals surface area contributed by atoms with Gasteiger partial charge in [0.15, 0.2) is 0 Å². The second-order valence-electron chi connectivity index (χ2n) is 3.98. The van der Waals surface area contributed by atoms with Crippen molar-refractivity contribution in [2.24, 2.45) is 0 Å². The standard InChI is InChI=1S/C14H20N2O2S/c15-13-5-2-12(3-6-13)4-7-14(18)16-8-11-19-10-1-9-17/h2-7,17H,1,8-11,15H2,(H,16,18)/b7-4+. The summed E-state index contributed by atoms with van der Waals surface area (Å²) >= 11 is 1.72. The maximum atomic E-state index is 11.5. The molecule has 1 amide bonds. The van der Waals surface area contributed by atoms with E-state index >= 15 is 0 Å². The van der Waals surface area contributed by atoms with Crippen LogP contribution in [-0.2, 0) is 4.79 Å². The summed E-state index contributed by atoms with van der Waals surface area (Å²) in [5, 5.41) is 11.4. The fourth-order valence-corrected chi connectivity index (χ4v) is 2.14. The average molecular weight is 280 g/mol. The van der Waals surface area contributed by atoms with Crippen molar-refractivity contribution in [1.82, 2.24) is 5.32 Å². The van der Waals surface area contributed by atoms with E-state index in [0.29, 0.717) is 12.2 Å². The van der Waals surface area contributed by atoms with Gasteiger partial charge < -0.3 is 16.2 Å². The average Bonchev–Trinajstić information content (AvgIpc) is 2.42. The Hall–Kier alpha value is -1.46. The largest absolute Gasteiger partial charge is 0.399 e. The van der Waals surface area contributed by atoms with Crippen LogP contribution >= 0.6 is 11.8 Å². The molecule has 0 aliphatic carbocycles. The molecule has 0 aliphatic heterocycles. The van der Waals surface area contributed by atoms with Gasteiger partial charge in [0.2, 0.25) is 5.91 Å². The number of nitrogen functional groups attached to an aromatic ring is 1. The fraction of sp³-hybridized carbons (Fsp3) is 0.357. The van der Waals surface area contributed by atoms with Gasteiger partial charge in [-0.25, -0.2) is 0 Å². The van der Waals surface area contributed by atoms with Gasteiger partial charge in [-0.1, -0.05) is 12.1 Å². The second-order valence-corrected chi connectivity index (χ2v) is 5.21. The van der Waals surface area contributed by atoms with Crippen LogP contribution in [0.15, 0.2) is 30.3 Å². The van der Waals surface area contributed by atoms with E-state index in [4.69, 9.17) is 10.8 Å². The van der Waals surface area contributed by atoms with E-state index in [2.05, 4.69) is 5.32 Å². The zero-order valence-corrected chi connectivity index (χ0v) is 11.7. The van der Waals surface area contributed by atoms with Gasteiger partial charge in [-0.2, -0.15) is 11.8 Å². The third kappa shape index (κ3) is 7.54. The molecule has 1 aromatic rings. The van der Waals surface area contributed by atoms with Gasteiger partial charge in [0.1, 0.15) is 0 Å². The molecule has 0 spiro atoms. The lowest BCUT2D eigenvalue weighted by atomic mass is 10.2. The SMILES string of the molecule is Nc1ccc(/C=C/C(=O)NCCSCCCO)cc1. The first-order valence-corrected chi connectivity index (χ1v) is 7.38. The molecule has 5 heteroatoms. The van der Waals surface area contributed by atoms with Gasteiger partial charge >= 0.3 is 0 Å². The second kappa shape index (κ2) is 9.47. The first-order chi connectivity index (χ1) is 9.22.